The number of nitrogens with one attached hydrogen (secondary N) is 2. The predicted octanol–water partition coefficient (Wildman–Crippen LogP) is 1.21. The first-order valence-electron chi connectivity index (χ1n) is 10.6. The smallest absolute Gasteiger partial charge is 0.243 e. The van der Waals surface area contributed by atoms with Crippen LogP contribution < -0.4 is 10.0 Å². The third-order valence-corrected chi connectivity index (χ3v) is 7.73. The first-order valence-corrected chi connectivity index (χ1v) is 12.2. The van der Waals surface area contributed by atoms with E-state index in [0.717, 1.165) is 19.3 Å². The molecular formula is C21H34IN5O3S. The van der Waals surface area contributed by atoms with Crippen molar-refractivity contribution in [1.29, 1.82) is 0 Å². The number of halogens is 1. The highest BCUT2D eigenvalue weighted by Crippen LogP contribution is 2.22. The van der Waals surface area contributed by atoms with Gasteiger partial charge in [-0.1, -0.05) is 31.2 Å². The van der Waals surface area contributed by atoms with Crippen LogP contribution in [0.2, 0.25) is 0 Å². The Morgan fingerprint density at radius 3 is 2.61 bits per heavy atom. The normalized spacial score (nSPS) is 21.3. The number of guanidine groups is 1. The molecule has 1 aromatic carbocycles. The summed E-state index contributed by atoms with van der Waals surface area (Å²) in [5.74, 6) is 0.545. The van der Waals surface area contributed by atoms with Crippen LogP contribution in [0.4, 0.5) is 0 Å². The summed E-state index contributed by atoms with van der Waals surface area (Å²) >= 11 is 0. The van der Waals surface area contributed by atoms with Crippen LogP contribution in [0.3, 0.4) is 0 Å². The SMILES string of the molecule is CCNS(=O)(=O)C1CCN(C(=NCC(=O)N(C)C)NC2CCc3ccccc3C2)C1.I. The number of fused-ring (bicyclic) bond motifs is 1. The Labute approximate surface area is 202 Å². The Kier molecular flexibility index (Phi) is 9.56. The van der Waals surface area contributed by atoms with Gasteiger partial charge in [-0.2, -0.15) is 0 Å². The van der Waals surface area contributed by atoms with Crippen LogP contribution in [0.5, 0.6) is 0 Å². The monoisotopic (exact) mass is 563 g/mol. The van der Waals surface area contributed by atoms with Crippen molar-refractivity contribution in [2.45, 2.75) is 43.9 Å². The Balaban J connectivity index is 0.00000341. The summed E-state index contributed by atoms with van der Waals surface area (Å²) in [6.45, 7) is 3.18. The van der Waals surface area contributed by atoms with E-state index in [2.05, 4.69) is 39.3 Å². The van der Waals surface area contributed by atoms with E-state index in [4.69, 9.17) is 0 Å². The summed E-state index contributed by atoms with van der Waals surface area (Å²) in [7, 11) is 0.0686. The molecule has 0 saturated carbocycles. The van der Waals surface area contributed by atoms with Gasteiger partial charge in [-0.25, -0.2) is 18.1 Å². The number of rotatable bonds is 6. The van der Waals surface area contributed by atoms with E-state index in [1.807, 2.05) is 4.90 Å². The fourth-order valence-corrected chi connectivity index (χ4v) is 5.45. The molecule has 2 atom stereocenters. The van der Waals surface area contributed by atoms with Gasteiger partial charge in [-0.15, -0.1) is 24.0 Å². The molecule has 2 N–H and O–H groups in total. The molecule has 2 unspecified atom stereocenters. The van der Waals surface area contributed by atoms with E-state index < -0.39 is 15.3 Å². The topological polar surface area (TPSA) is 94.1 Å². The van der Waals surface area contributed by atoms with Crippen LogP contribution in [0.15, 0.2) is 29.3 Å². The number of benzene rings is 1. The van der Waals surface area contributed by atoms with E-state index in [1.54, 1.807) is 21.0 Å². The van der Waals surface area contributed by atoms with E-state index >= 15 is 0 Å². The molecule has 1 aromatic rings. The molecule has 1 fully saturated rings. The number of hydrogen-bond acceptors (Lipinski definition) is 4. The number of aryl methyl sites for hydroxylation is 1. The molecule has 1 aliphatic carbocycles. The van der Waals surface area contributed by atoms with Crippen molar-refractivity contribution in [3.63, 3.8) is 0 Å². The van der Waals surface area contributed by atoms with Crippen molar-refractivity contribution in [3.05, 3.63) is 35.4 Å². The highest BCUT2D eigenvalue weighted by molar-refractivity contribution is 14.0. The summed E-state index contributed by atoms with van der Waals surface area (Å²) in [4.78, 5) is 20.1. The van der Waals surface area contributed by atoms with Gasteiger partial charge in [0.15, 0.2) is 5.96 Å². The summed E-state index contributed by atoms with van der Waals surface area (Å²) in [6, 6.07) is 8.67. The fraction of sp³-hybridized carbons (Fsp3) is 0.619. The highest BCUT2D eigenvalue weighted by Gasteiger charge is 2.34. The molecule has 31 heavy (non-hydrogen) atoms. The van der Waals surface area contributed by atoms with Crippen LogP contribution in [0, 0.1) is 0 Å². The van der Waals surface area contributed by atoms with Crippen LogP contribution in [-0.2, 0) is 27.7 Å². The minimum Gasteiger partial charge on any atom is -0.353 e. The molecule has 0 aromatic heterocycles. The second kappa shape index (κ2) is 11.5. The zero-order valence-electron chi connectivity index (χ0n) is 18.5. The molecule has 1 heterocycles. The second-order valence-corrected chi connectivity index (χ2v) is 10.2. The average molecular weight is 564 g/mol. The van der Waals surface area contributed by atoms with Gasteiger partial charge in [-0.05, 0) is 36.8 Å². The molecule has 1 aliphatic heterocycles. The van der Waals surface area contributed by atoms with Gasteiger partial charge in [-0.3, -0.25) is 4.79 Å². The number of likely N-dealkylation sites (tertiary alicyclic amines) is 1. The molecule has 1 saturated heterocycles. The minimum atomic E-state index is -3.34. The van der Waals surface area contributed by atoms with Crippen molar-refractivity contribution in [3.8, 4) is 0 Å². The molecule has 0 spiro atoms. The maximum absolute atomic E-state index is 12.4. The quantitative estimate of drug-likeness (QED) is 0.309. The number of carbonyl (C=O) groups excluding carboxylic acids is 1. The summed E-state index contributed by atoms with van der Waals surface area (Å²) in [5.41, 5.74) is 2.72. The third-order valence-electron chi connectivity index (χ3n) is 5.77. The lowest BCUT2D eigenvalue weighted by Gasteiger charge is -2.30. The van der Waals surface area contributed by atoms with Gasteiger partial charge in [0, 0.05) is 39.8 Å². The molecule has 8 nitrogen and oxygen atoms in total. The van der Waals surface area contributed by atoms with Crippen molar-refractivity contribution < 1.29 is 13.2 Å². The Morgan fingerprint density at radius 2 is 1.94 bits per heavy atom. The number of aliphatic imine (C=N–C) groups is 1. The second-order valence-electron chi connectivity index (χ2n) is 8.18. The van der Waals surface area contributed by atoms with E-state index in [1.165, 1.54) is 16.0 Å². The molecule has 10 heteroatoms. The molecule has 3 rings (SSSR count). The van der Waals surface area contributed by atoms with Gasteiger partial charge in [0.25, 0.3) is 0 Å². The molecule has 174 valence electrons. The summed E-state index contributed by atoms with van der Waals surface area (Å²) in [6.07, 6.45) is 3.41. The number of nitrogens with zero attached hydrogens (tertiary/aromatic N) is 3. The number of hydrogen-bond donors (Lipinski definition) is 2. The van der Waals surface area contributed by atoms with E-state index in [-0.39, 0.29) is 42.5 Å². The molecule has 0 bridgehead atoms. The minimum absolute atomic E-state index is 0. The van der Waals surface area contributed by atoms with Gasteiger partial charge in [0.2, 0.25) is 15.9 Å². The van der Waals surface area contributed by atoms with Crippen LogP contribution in [0.1, 0.15) is 30.9 Å². The largest absolute Gasteiger partial charge is 0.353 e. The lowest BCUT2D eigenvalue weighted by Crippen LogP contribution is -2.48. The maximum atomic E-state index is 12.4. The Morgan fingerprint density at radius 1 is 1.23 bits per heavy atom. The zero-order valence-corrected chi connectivity index (χ0v) is 21.7. The number of sulfonamides is 1. The maximum Gasteiger partial charge on any atom is 0.243 e. The molecule has 1 amide bonds. The Hall–Kier alpha value is -1.40. The van der Waals surface area contributed by atoms with Gasteiger partial charge < -0.3 is 15.1 Å². The standard InChI is InChI=1S/C21H33N5O3S.HI/c1-4-23-30(28,29)19-11-12-26(15-19)21(22-14-20(27)25(2)3)24-18-10-9-16-7-5-6-8-17(16)13-18;/h5-8,18-19,23H,4,9-15H2,1-3H3,(H,22,24);1H. The zero-order chi connectivity index (χ0) is 21.7. The average Bonchev–Trinajstić information content (AvgIpc) is 3.21. The number of likely N-dealkylation sites (N-methyl/N-ethyl adjacent to an activating group) is 1. The van der Waals surface area contributed by atoms with Crippen molar-refractivity contribution in [2.24, 2.45) is 4.99 Å². The first-order chi connectivity index (χ1) is 14.3. The van der Waals surface area contributed by atoms with Crippen LogP contribution >= 0.6 is 24.0 Å². The van der Waals surface area contributed by atoms with E-state index in [9.17, 15) is 13.2 Å². The Bertz CT molecular complexity index is 891. The number of carbonyl (C=O) groups is 1. The summed E-state index contributed by atoms with van der Waals surface area (Å²) < 4.78 is 27.5. The molecule has 0 radical (unpaired) electrons. The lowest BCUT2D eigenvalue weighted by molar-refractivity contribution is -0.127. The summed E-state index contributed by atoms with van der Waals surface area (Å²) in [5, 5.41) is 3.06. The van der Waals surface area contributed by atoms with E-state index in [0.29, 0.717) is 32.0 Å². The molecule has 2 aliphatic rings. The molecular weight excluding hydrogens is 529 g/mol. The van der Waals surface area contributed by atoms with Crippen LogP contribution in [-0.4, -0.2) is 81.7 Å². The lowest BCUT2D eigenvalue weighted by atomic mass is 9.88. The van der Waals surface area contributed by atoms with Gasteiger partial charge in [0.1, 0.15) is 6.54 Å². The van der Waals surface area contributed by atoms with Crippen molar-refractivity contribution in [2.75, 3.05) is 40.3 Å². The fourth-order valence-electron chi connectivity index (χ4n) is 4.02. The number of amides is 1. The third kappa shape index (κ3) is 6.79. The first kappa shape index (κ1) is 25.9. The van der Waals surface area contributed by atoms with Crippen molar-refractivity contribution >= 4 is 45.9 Å². The van der Waals surface area contributed by atoms with Gasteiger partial charge in [0.05, 0.1) is 5.25 Å². The van der Waals surface area contributed by atoms with Crippen molar-refractivity contribution in [1.82, 2.24) is 19.8 Å². The van der Waals surface area contributed by atoms with Gasteiger partial charge >= 0.3 is 0 Å². The highest BCUT2D eigenvalue weighted by atomic mass is 127. The predicted molar refractivity (Wildman–Crippen MR) is 134 cm³/mol. The van der Waals surface area contributed by atoms with Crippen LogP contribution in [0.25, 0.3) is 0 Å².